The van der Waals surface area contributed by atoms with Crippen LogP contribution in [0.2, 0.25) is 5.02 Å². The van der Waals surface area contributed by atoms with E-state index < -0.39 is 10.1 Å². The maximum Gasteiger partial charge on any atom is 1.00 e. The molecule has 6 heteroatoms. The quantitative estimate of drug-likeness (QED) is 0.293. The first-order chi connectivity index (χ1) is 11.0. The van der Waals surface area contributed by atoms with Crippen LogP contribution in [0, 0.1) is 0 Å². The molecule has 0 saturated carbocycles. The van der Waals surface area contributed by atoms with Crippen molar-refractivity contribution in [1.82, 2.24) is 0 Å². The van der Waals surface area contributed by atoms with Crippen molar-refractivity contribution in [3.05, 3.63) is 65.7 Å². The summed E-state index contributed by atoms with van der Waals surface area (Å²) in [7, 11) is -4.65. The van der Waals surface area contributed by atoms with Gasteiger partial charge in [-0.2, -0.15) is 0 Å². The first kappa shape index (κ1) is 17.7. The topological polar surface area (TPSA) is 57.2 Å². The van der Waals surface area contributed by atoms with Gasteiger partial charge in [0.15, 0.2) is 0 Å². The van der Waals surface area contributed by atoms with Gasteiger partial charge in [-0.15, -0.1) is 0 Å². The Morgan fingerprint density at radius 1 is 0.708 bits per heavy atom. The Labute approximate surface area is 166 Å². The van der Waals surface area contributed by atoms with E-state index in [4.69, 9.17) is 11.6 Å². The average molecular weight is 365 g/mol. The molecule has 24 heavy (non-hydrogen) atoms. The fourth-order valence-electron chi connectivity index (χ4n) is 3.10. The number of halogens is 1. The van der Waals surface area contributed by atoms with Crippen LogP contribution >= 0.6 is 11.6 Å². The molecule has 4 aromatic carbocycles. The maximum atomic E-state index is 11.6. The predicted molar refractivity (Wildman–Crippen MR) is 91.9 cm³/mol. The van der Waals surface area contributed by atoms with Crippen molar-refractivity contribution in [2.45, 2.75) is 4.90 Å². The van der Waals surface area contributed by atoms with Crippen molar-refractivity contribution >= 4 is 54.0 Å². The molecule has 4 rings (SSSR count). The van der Waals surface area contributed by atoms with Crippen LogP contribution in [-0.4, -0.2) is 13.0 Å². The molecule has 0 unspecified atom stereocenters. The summed E-state index contributed by atoms with van der Waals surface area (Å²) in [6.45, 7) is 0. The molecule has 0 fully saturated rings. The van der Waals surface area contributed by atoms with E-state index in [9.17, 15) is 13.0 Å². The Morgan fingerprint density at radius 2 is 1.25 bits per heavy atom. The Kier molecular flexibility index (Phi) is 4.64. The van der Waals surface area contributed by atoms with Crippen LogP contribution in [0.25, 0.3) is 32.3 Å². The van der Waals surface area contributed by atoms with E-state index in [0.29, 0.717) is 10.8 Å². The van der Waals surface area contributed by atoms with Crippen molar-refractivity contribution in [2.24, 2.45) is 0 Å². The number of benzene rings is 4. The zero-order valence-corrected chi connectivity index (χ0v) is 16.4. The van der Waals surface area contributed by atoms with E-state index in [0.717, 1.165) is 21.5 Å². The molecule has 0 aliphatic heterocycles. The molecular formula is C18H10ClNaO3S. The Bertz CT molecular complexity index is 1200. The summed E-state index contributed by atoms with van der Waals surface area (Å²) in [6.07, 6.45) is 0. The fraction of sp³-hybridized carbons (Fsp3) is 0. The molecule has 0 heterocycles. The van der Waals surface area contributed by atoms with Crippen molar-refractivity contribution in [1.29, 1.82) is 0 Å². The summed E-state index contributed by atoms with van der Waals surface area (Å²) in [5.41, 5.74) is 0. The van der Waals surface area contributed by atoms with Crippen molar-refractivity contribution in [3.63, 3.8) is 0 Å². The van der Waals surface area contributed by atoms with Crippen molar-refractivity contribution in [2.75, 3.05) is 0 Å². The first-order valence-corrected chi connectivity index (χ1v) is 8.74. The minimum absolute atomic E-state index is 0. The van der Waals surface area contributed by atoms with Crippen molar-refractivity contribution < 1.29 is 42.5 Å². The molecule has 0 saturated heterocycles. The molecule has 0 radical (unpaired) electrons. The average Bonchev–Trinajstić information content (AvgIpc) is 2.52. The fourth-order valence-corrected chi connectivity index (χ4v) is 4.31. The van der Waals surface area contributed by atoms with E-state index in [-0.39, 0.29) is 39.5 Å². The van der Waals surface area contributed by atoms with Gasteiger partial charge in [-0.1, -0.05) is 66.2 Å². The number of rotatable bonds is 1. The van der Waals surface area contributed by atoms with Gasteiger partial charge >= 0.3 is 29.6 Å². The molecule has 0 atom stereocenters. The van der Waals surface area contributed by atoms with Gasteiger partial charge in [0.25, 0.3) is 0 Å². The Hall–Kier alpha value is -1.14. The second kappa shape index (κ2) is 6.30. The summed E-state index contributed by atoms with van der Waals surface area (Å²) in [5.74, 6) is 0. The van der Waals surface area contributed by atoms with E-state index in [1.807, 2.05) is 42.5 Å². The molecule has 0 aliphatic carbocycles. The summed E-state index contributed by atoms with van der Waals surface area (Å²) in [4.78, 5) is -0.355. The minimum Gasteiger partial charge on any atom is -0.744 e. The van der Waals surface area contributed by atoms with Crippen LogP contribution in [0.1, 0.15) is 0 Å². The summed E-state index contributed by atoms with van der Waals surface area (Å²) in [6, 6.07) is 18.6. The standard InChI is InChI=1S/C18H11ClO3S.Na/c19-17-10-9-15-14-6-5-11-3-1-2-4-12(11)13(14)7-8-16(15)18(17)23(20,21)22;/h1-10H,(H,20,21,22);/q;+1/p-1. The van der Waals surface area contributed by atoms with Crippen LogP contribution in [0.4, 0.5) is 0 Å². The number of hydrogen-bond acceptors (Lipinski definition) is 3. The summed E-state index contributed by atoms with van der Waals surface area (Å²) in [5, 5.41) is 5.09. The van der Waals surface area contributed by atoms with Gasteiger partial charge in [0.05, 0.1) is 9.92 Å². The van der Waals surface area contributed by atoms with Crippen LogP contribution in [0.15, 0.2) is 65.6 Å². The molecule has 0 amide bonds. The number of fused-ring (bicyclic) bond motifs is 5. The SMILES string of the molecule is O=S(=O)([O-])c1c(Cl)ccc2c1ccc1c3ccccc3ccc21.[Na+]. The molecule has 114 valence electrons. The van der Waals surface area contributed by atoms with Gasteiger partial charge in [0.2, 0.25) is 0 Å². The third-order valence-electron chi connectivity index (χ3n) is 4.08. The second-order valence-electron chi connectivity index (χ2n) is 5.37. The van der Waals surface area contributed by atoms with Gasteiger partial charge in [-0.25, -0.2) is 8.42 Å². The van der Waals surface area contributed by atoms with Gasteiger partial charge in [0, 0.05) is 5.39 Å². The minimum atomic E-state index is -4.65. The normalized spacial score (nSPS) is 11.8. The smallest absolute Gasteiger partial charge is 0.744 e. The monoisotopic (exact) mass is 364 g/mol. The van der Waals surface area contributed by atoms with Crippen LogP contribution in [0.5, 0.6) is 0 Å². The molecule has 3 nitrogen and oxygen atoms in total. The molecule has 0 aromatic heterocycles. The van der Waals surface area contributed by atoms with E-state index in [2.05, 4.69) is 0 Å². The molecule has 4 aromatic rings. The molecule has 0 aliphatic rings. The van der Waals surface area contributed by atoms with Crippen LogP contribution in [-0.2, 0) is 10.1 Å². The van der Waals surface area contributed by atoms with Gasteiger partial charge < -0.3 is 4.55 Å². The van der Waals surface area contributed by atoms with Gasteiger partial charge in [-0.05, 0) is 33.0 Å². The Morgan fingerprint density at radius 3 is 2.00 bits per heavy atom. The van der Waals surface area contributed by atoms with E-state index in [1.54, 1.807) is 12.1 Å². The van der Waals surface area contributed by atoms with Crippen LogP contribution in [0.3, 0.4) is 0 Å². The second-order valence-corrected chi connectivity index (χ2v) is 7.10. The van der Waals surface area contributed by atoms with Gasteiger partial charge in [0.1, 0.15) is 10.1 Å². The van der Waals surface area contributed by atoms with Gasteiger partial charge in [-0.3, -0.25) is 0 Å². The third-order valence-corrected chi connectivity index (χ3v) is 5.44. The van der Waals surface area contributed by atoms with Crippen molar-refractivity contribution in [3.8, 4) is 0 Å². The largest absolute Gasteiger partial charge is 1.00 e. The zero-order chi connectivity index (χ0) is 16.2. The molecule has 0 bridgehead atoms. The van der Waals surface area contributed by atoms with E-state index in [1.165, 1.54) is 6.07 Å². The maximum absolute atomic E-state index is 11.6. The van der Waals surface area contributed by atoms with E-state index >= 15 is 0 Å². The predicted octanol–water partition coefficient (Wildman–Crippen LogP) is 1.71. The third kappa shape index (κ3) is 2.73. The zero-order valence-electron chi connectivity index (χ0n) is 12.8. The molecule has 0 N–H and O–H groups in total. The Balaban J connectivity index is 0.00000169. The summed E-state index contributed by atoms with van der Waals surface area (Å²) < 4.78 is 34.7. The summed E-state index contributed by atoms with van der Waals surface area (Å²) >= 11 is 5.95. The van der Waals surface area contributed by atoms with Crippen LogP contribution < -0.4 is 29.6 Å². The first-order valence-electron chi connectivity index (χ1n) is 6.95. The number of hydrogen-bond donors (Lipinski definition) is 0. The molecule has 0 spiro atoms. The molecular weight excluding hydrogens is 355 g/mol.